The molecule has 0 saturated heterocycles. The summed E-state index contributed by atoms with van der Waals surface area (Å²) in [4.78, 5) is 23.8. The number of aliphatic hydroxyl groups excluding tert-OH is 2. The summed E-state index contributed by atoms with van der Waals surface area (Å²) in [7, 11) is 0. The molecule has 0 amide bonds. The van der Waals surface area contributed by atoms with Crippen molar-refractivity contribution in [2.45, 2.75) is 51.1 Å². The molecule has 11 nitrogen and oxygen atoms in total. The predicted octanol–water partition coefficient (Wildman–Crippen LogP) is 5.15. The van der Waals surface area contributed by atoms with Crippen molar-refractivity contribution in [1.82, 2.24) is 0 Å². The number of rotatable bonds is 10. The molecule has 43 heavy (non-hydrogen) atoms. The van der Waals surface area contributed by atoms with Crippen LogP contribution >= 0.6 is 0 Å². The van der Waals surface area contributed by atoms with E-state index < -0.39 is 34.7 Å². The van der Waals surface area contributed by atoms with Gasteiger partial charge in [-0.3, -0.25) is 0 Å². The van der Waals surface area contributed by atoms with Gasteiger partial charge in [0, 0.05) is 33.7 Å². The molecule has 0 saturated carbocycles. The van der Waals surface area contributed by atoms with Gasteiger partial charge in [0.05, 0.1) is 23.7 Å². The lowest BCUT2D eigenvalue weighted by Crippen LogP contribution is -2.53. The zero-order valence-corrected chi connectivity index (χ0v) is 23.9. The molecular formula is C32H30O11. The largest absolute Gasteiger partial charge is 0.483 e. The molecule has 0 unspecified atom stereocenters. The highest BCUT2D eigenvalue weighted by Crippen LogP contribution is 2.37. The van der Waals surface area contributed by atoms with E-state index in [0.717, 1.165) is 10.8 Å². The Morgan fingerprint density at radius 1 is 0.628 bits per heavy atom. The van der Waals surface area contributed by atoms with Gasteiger partial charge in [0.25, 0.3) is 0 Å². The average molecular weight is 591 g/mol. The van der Waals surface area contributed by atoms with Crippen molar-refractivity contribution in [1.29, 1.82) is 0 Å². The van der Waals surface area contributed by atoms with E-state index in [1.165, 1.54) is 24.7 Å². The van der Waals surface area contributed by atoms with Crippen molar-refractivity contribution in [2.75, 3.05) is 13.2 Å². The van der Waals surface area contributed by atoms with E-state index in [0.29, 0.717) is 21.9 Å². The highest BCUT2D eigenvalue weighted by molar-refractivity contribution is 6.00. The molecule has 0 radical (unpaired) electrons. The third-order valence-electron chi connectivity index (χ3n) is 7.47. The molecule has 4 heterocycles. The fourth-order valence-corrected chi connectivity index (χ4v) is 5.01. The van der Waals surface area contributed by atoms with E-state index in [-0.39, 0.29) is 35.9 Å². The third kappa shape index (κ3) is 5.38. The van der Waals surface area contributed by atoms with Crippen molar-refractivity contribution in [3.63, 3.8) is 0 Å². The van der Waals surface area contributed by atoms with Crippen LogP contribution in [-0.4, -0.2) is 46.8 Å². The normalized spacial score (nSPS) is 14.1. The Kier molecular flexibility index (Phi) is 7.04. The van der Waals surface area contributed by atoms with Crippen LogP contribution < -0.4 is 20.7 Å². The summed E-state index contributed by atoms with van der Waals surface area (Å²) >= 11 is 0. The van der Waals surface area contributed by atoms with Crippen LogP contribution in [0.2, 0.25) is 0 Å². The maximum atomic E-state index is 11.9. The van der Waals surface area contributed by atoms with Gasteiger partial charge < -0.3 is 42.1 Å². The van der Waals surface area contributed by atoms with E-state index in [1.807, 2.05) is 12.1 Å². The monoisotopic (exact) mass is 590 g/mol. The Balaban J connectivity index is 1.17. The van der Waals surface area contributed by atoms with Crippen molar-refractivity contribution in [3.8, 4) is 11.5 Å². The van der Waals surface area contributed by atoms with Crippen molar-refractivity contribution in [3.05, 3.63) is 81.9 Å². The lowest BCUT2D eigenvalue weighted by molar-refractivity contribution is -0.212. The Morgan fingerprint density at radius 3 is 1.44 bits per heavy atom. The molecule has 224 valence electrons. The van der Waals surface area contributed by atoms with E-state index in [1.54, 1.807) is 52.0 Å². The first-order valence-corrected chi connectivity index (χ1v) is 13.6. The quantitative estimate of drug-likeness (QED) is 0.204. The smallest absolute Gasteiger partial charge is 0.336 e. The molecule has 11 heteroatoms. The summed E-state index contributed by atoms with van der Waals surface area (Å²) in [6.45, 7) is 6.16. The van der Waals surface area contributed by atoms with Gasteiger partial charge >= 0.3 is 11.3 Å². The first-order chi connectivity index (χ1) is 20.4. The van der Waals surface area contributed by atoms with Crippen LogP contribution in [0.5, 0.6) is 11.5 Å². The maximum Gasteiger partial charge on any atom is 0.336 e. The third-order valence-corrected chi connectivity index (χ3v) is 7.47. The number of hydrogen-bond acceptors (Lipinski definition) is 11. The van der Waals surface area contributed by atoms with Gasteiger partial charge in [0.15, 0.2) is 22.3 Å². The SMILES string of the molecule is CC(C)(OC(C)(C)[C@@H](O)COc1c2occc2cc2ccc(=O)oc12)[C@H](O)COc1c2occc2cc2ccc(=O)oc12. The summed E-state index contributed by atoms with van der Waals surface area (Å²) < 4.78 is 40.1. The van der Waals surface area contributed by atoms with Gasteiger partial charge in [-0.2, -0.15) is 0 Å². The number of hydrogen-bond donors (Lipinski definition) is 2. The Hall–Kier alpha value is -4.58. The molecule has 0 aliphatic rings. The van der Waals surface area contributed by atoms with Gasteiger partial charge in [0.2, 0.25) is 11.5 Å². The molecular weight excluding hydrogens is 560 g/mol. The highest BCUT2D eigenvalue weighted by atomic mass is 16.6. The van der Waals surface area contributed by atoms with Crippen LogP contribution in [0.25, 0.3) is 43.9 Å². The van der Waals surface area contributed by atoms with Crippen LogP contribution in [0.1, 0.15) is 27.7 Å². The molecule has 0 aliphatic heterocycles. The Bertz CT molecular complexity index is 1910. The number of aliphatic hydroxyl groups is 2. The lowest BCUT2D eigenvalue weighted by Gasteiger charge is -2.41. The van der Waals surface area contributed by atoms with Crippen molar-refractivity contribution >= 4 is 43.9 Å². The van der Waals surface area contributed by atoms with Crippen molar-refractivity contribution in [2.24, 2.45) is 0 Å². The van der Waals surface area contributed by atoms with E-state index in [9.17, 15) is 19.8 Å². The van der Waals surface area contributed by atoms with E-state index in [4.69, 9.17) is 31.9 Å². The highest BCUT2D eigenvalue weighted by Gasteiger charge is 2.40. The molecule has 2 atom stereocenters. The first kappa shape index (κ1) is 28.5. The van der Waals surface area contributed by atoms with Crippen molar-refractivity contribution < 1.29 is 42.1 Å². The molecule has 0 spiro atoms. The first-order valence-electron chi connectivity index (χ1n) is 13.6. The minimum absolute atomic E-state index is 0.184. The van der Waals surface area contributed by atoms with Gasteiger partial charge in [-0.05, 0) is 64.1 Å². The van der Waals surface area contributed by atoms with Gasteiger partial charge in [-0.1, -0.05) is 0 Å². The number of ether oxygens (including phenoxy) is 3. The molecule has 2 N–H and O–H groups in total. The topological polar surface area (TPSA) is 155 Å². The minimum Gasteiger partial charge on any atom is -0.483 e. The molecule has 4 aromatic heterocycles. The molecule has 2 aromatic carbocycles. The standard InChI is InChI=1S/C32H30O11/c1-31(2,21(33)15-39-29-25-19(9-11-37-25)13-17-5-7-23(35)41-27(17)29)43-32(3,4)22(34)16-40-30-26-20(10-12-38-26)14-18-6-8-24(36)42-28(18)30/h5-14,21-22,33-34H,15-16H2,1-4H3/t21-,22+. The fraction of sp³-hybridized carbons (Fsp3) is 0.312. The lowest BCUT2D eigenvalue weighted by atomic mass is 9.96. The summed E-state index contributed by atoms with van der Waals surface area (Å²) in [5.41, 5.74) is -2.41. The fourth-order valence-electron chi connectivity index (χ4n) is 5.01. The second-order valence-electron chi connectivity index (χ2n) is 11.4. The van der Waals surface area contributed by atoms with E-state index >= 15 is 0 Å². The van der Waals surface area contributed by atoms with Gasteiger partial charge in [0.1, 0.15) is 25.4 Å². The maximum absolute atomic E-state index is 11.9. The van der Waals surface area contributed by atoms with Crippen LogP contribution in [0.15, 0.2) is 88.3 Å². The zero-order valence-electron chi connectivity index (χ0n) is 23.9. The van der Waals surface area contributed by atoms with Gasteiger partial charge in [-0.15, -0.1) is 0 Å². The number of furan rings is 2. The molecule has 6 aromatic rings. The van der Waals surface area contributed by atoms with Gasteiger partial charge in [-0.25, -0.2) is 9.59 Å². The van der Waals surface area contributed by atoms with Crippen LogP contribution in [-0.2, 0) is 4.74 Å². The van der Waals surface area contributed by atoms with Crippen LogP contribution in [0.3, 0.4) is 0 Å². The number of benzene rings is 2. The second-order valence-corrected chi connectivity index (χ2v) is 11.4. The molecule has 0 bridgehead atoms. The van der Waals surface area contributed by atoms with E-state index in [2.05, 4.69) is 0 Å². The average Bonchev–Trinajstić information content (AvgIpc) is 3.62. The number of fused-ring (bicyclic) bond motifs is 4. The summed E-state index contributed by atoms with van der Waals surface area (Å²) in [5, 5.41) is 25.0. The molecule has 0 fully saturated rings. The summed E-state index contributed by atoms with van der Waals surface area (Å²) in [5.74, 6) is 0.368. The summed E-state index contributed by atoms with van der Waals surface area (Å²) in [6, 6.07) is 13.0. The molecule has 6 rings (SSSR count). The Morgan fingerprint density at radius 2 is 1.02 bits per heavy atom. The second kappa shape index (κ2) is 10.6. The minimum atomic E-state index is -1.22. The predicted molar refractivity (Wildman–Crippen MR) is 157 cm³/mol. The Labute approximate surface area is 243 Å². The van der Waals surface area contributed by atoms with Crippen LogP contribution in [0.4, 0.5) is 0 Å². The summed E-state index contributed by atoms with van der Waals surface area (Å²) in [6.07, 6.45) is 0.607. The zero-order chi connectivity index (χ0) is 30.5. The van der Waals surface area contributed by atoms with Crippen LogP contribution in [0, 0.1) is 0 Å². The molecule has 0 aliphatic carbocycles.